The highest BCUT2D eigenvalue weighted by Gasteiger charge is 2.47. The highest BCUT2D eigenvalue weighted by molar-refractivity contribution is 7.26. The Hall–Kier alpha value is -8.04. The van der Waals surface area contributed by atoms with Crippen molar-refractivity contribution in [3.63, 3.8) is 0 Å². The molecule has 14 rings (SSSR count). The summed E-state index contributed by atoms with van der Waals surface area (Å²) in [6, 6.07) is 82.4. The van der Waals surface area contributed by atoms with Crippen molar-refractivity contribution in [2.45, 2.75) is 37.5 Å². The van der Waals surface area contributed by atoms with Crippen molar-refractivity contribution in [1.29, 1.82) is 0 Å². The van der Waals surface area contributed by atoms with Gasteiger partial charge < -0.3 is 4.90 Å². The Morgan fingerprint density at radius 1 is 0.429 bits per heavy atom. The summed E-state index contributed by atoms with van der Waals surface area (Å²) in [6.45, 7) is 4.81. The molecule has 10 aromatic carbocycles. The third-order valence-electron chi connectivity index (χ3n) is 15.8. The average molecular weight is 912 g/mol. The fraction of sp³-hybridized carbons (Fsp3) is 0.0882. The fourth-order valence-corrected chi connectivity index (χ4v) is 13.7. The zero-order valence-electron chi connectivity index (χ0n) is 39.3. The minimum atomic E-state index is -0.383. The van der Waals surface area contributed by atoms with Crippen molar-refractivity contribution in [2.24, 2.45) is 0 Å². The monoisotopic (exact) mass is 911 g/mol. The van der Waals surface area contributed by atoms with E-state index in [0.717, 1.165) is 29.9 Å². The molecule has 70 heavy (non-hydrogen) atoms. The van der Waals surface area contributed by atoms with Gasteiger partial charge in [-0.25, -0.2) is 0 Å². The van der Waals surface area contributed by atoms with Crippen molar-refractivity contribution in [2.75, 3.05) is 4.90 Å². The Morgan fingerprint density at radius 2 is 1.06 bits per heavy atom. The zero-order chi connectivity index (χ0) is 46.6. The van der Waals surface area contributed by atoms with Crippen molar-refractivity contribution >= 4 is 59.3 Å². The molecule has 0 amide bonds. The Labute approximate surface area is 414 Å². The van der Waals surface area contributed by atoms with Crippen LogP contribution >= 0.6 is 11.3 Å². The molecule has 11 aromatic rings. The molecular weight excluding hydrogens is 863 g/mol. The molecule has 0 saturated carbocycles. The first-order valence-corrected chi connectivity index (χ1v) is 25.5. The summed E-state index contributed by atoms with van der Waals surface area (Å²) in [7, 11) is 0. The lowest BCUT2D eigenvalue weighted by Crippen LogP contribution is -2.30. The maximum absolute atomic E-state index is 2.50. The van der Waals surface area contributed by atoms with E-state index >= 15 is 0 Å². The molecule has 3 aliphatic carbocycles. The fourth-order valence-electron chi connectivity index (χ4n) is 12.5. The second kappa shape index (κ2) is 15.8. The van der Waals surface area contributed by atoms with E-state index in [4.69, 9.17) is 0 Å². The lowest BCUT2D eigenvalue weighted by molar-refractivity contribution is 0.660. The number of thiophene rings is 1. The molecular formula is C68H49NS. The highest BCUT2D eigenvalue weighted by atomic mass is 32.1. The second-order valence-electron chi connectivity index (χ2n) is 19.9. The Morgan fingerprint density at radius 3 is 1.91 bits per heavy atom. The summed E-state index contributed by atoms with van der Waals surface area (Å²) in [4.78, 5) is 2.50. The van der Waals surface area contributed by atoms with Crippen LogP contribution < -0.4 is 4.90 Å². The number of nitrogens with zero attached hydrogens (tertiary/aromatic N) is 1. The van der Waals surface area contributed by atoms with E-state index < -0.39 is 0 Å². The SMILES string of the molecule is CC1(C)c2cc(-c3ccc4ccccc4c3)ccc2-c2ccc(N(c3ccc(-c4cccc5c4sc4ccccc45)cc3)c3ccc4c(c3)-c3ccccc3C4(C3=CC=CCC3)c3ccccc3)cc21. The van der Waals surface area contributed by atoms with E-state index in [2.05, 4.69) is 255 Å². The number of benzene rings is 10. The lowest BCUT2D eigenvalue weighted by atomic mass is 9.65. The van der Waals surface area contributed by atoms with Crippen molar-refractivity contribution in [1.82, 2.24) is 0 Å². The molecule has 0 saturated heterocycles. The Kier molecular flexibility index (Phi) is 9.22. The van der Waals surface area contributed by atoms with Crippen LogP contribution in [0.1, 0.15) is 54.5 Å². The molecule has 0 radical (unpaired) electrons. The third-order valence-corrected chi connectivity index (χ3v) is 17.1. The van der Waals surface area contributed by atoms with Gasteiger partial charge in [0, 0.05) is 42.6 Å². The van der Waals surface area contributed by atoms with E-state index in [1.807, 2.05) is 11.3 Å². The first kappa shape index (κ1) is 41.0. The van der Waals surface area contributed by atoms with Crippen molar-refractivity contribution < 1.29 is 0 Å². The quantitative estimate of drug-likeness (QED) is 0.154. The molecule has 332 valence electrons. The molecule has 1 nitrogen and oxygen atoms in total. The van der Waals surface area contributed by atoms with Gasteiger partial charge in [0.25, 0.3) is 0 Å². The molecule has 0 bridgehead atoms. The molecule has 0 N–H and O–H groups in total. The van der Waals surface area contributed by atoms with Crippen LogP contribution in [0.5, 0.6) is 0 Å². The molecule has 0 aliphatic heterocycles. The summed E-state index contributed by atoms with van der Waals surface area (Å²) < 4.78 is 2.66. The lowest BCUT2D eigenvalue weighted by Gasteiger charge is -2.37. The summed E-state index contributed by atoms with van der Waals surface area (Å²) >= 11 is 1.89. The first-order valence-electron chi connectivity index (χ1n) is 24.7. The van der Waals surface area contributed by atoms with E-state index in [-0.39, 0.29) is 10.8 Å². The summed E-state index contributed by atoms with van der Waals surface area (Å²) in [5, 5.41) is 5.17. The summed E-state index contributed by atoms with van der Waals surface area (Å²) in [6.07, 6.45) is 9.02. The zero-order valence-corrected chi connectivity index (χ0v) is 40.1. The van der Waals surface area contributed by atoms with Crippen LogP contribution in [0.2, 0.25) is 0 Å². The third kappa shape index (κ3) is 6.09. The van der Waals surface area contributed by atoms with Crippen LogP contribution in [-0.2, 0) is 10.8 Å². The molecule has 1 aromatic heterocycles. The standard InChI is InChI=1S/C68H49NS/c1-67(2)63-41-48(47-29-28-44-16-9-10-17-46(44)40-47)32-37-56(63)57-38-35-53(43-64(57)67)69(51-33-30-45(31-34-51)54-24-15-25-59-58-23-12-14-27-65(58)70-66(54)59)52-36-39-62-60(42-52)55-22-11-13-26-61(55)68(62,49-18-5-3-6-19-49)50-20-7-4-8-21-50/h3-7,9-20,22-43H,8,21H2,1-2H3. The topological polar surface area (TPSA) is 3.24 Å². The van der Waals surface area contributed by atoms with E-state index in [0.29, 0.717) is 0 Å². The molecule has 1 unspecified atom stereocenters. The van der Waals surface area contributed by atoms with Gasteiger partial charge in [0.1, 0.15) is 0 Å². The van der Waals surface area contributed by atoms with Gasteiger partial charge in [-0.2, -0.15) is 0 Å². The number of hydrogen-bond acceptors (Lipinski definition) is 2. The largest absolute Gasteiger partial charge is 0.310 e. The van der Waals surface area contributed by atoms with E-state index in [1.54, 1.807) is 0 Å². The van der Waals surface area contributed by atoms with Crippen molar-refractivity contribution in [3.8, 4) is 44.5 Å². The van der Waals surface area contributed by atoms with Crippen LogP contribution in [0.4, 0.5) is 17.1 Å². The normalized spacial score (nSPS) is 16.2. The summed E-state index contributed by atoms with van der Waals surface area (Å²) in [5.74, 6) is 0. The smallest absolute Gasteiger partial charge is 0.0676 e. The highest BCUT2D eigenvalue weighted by Crippen LogP contribution is 2.59. The number of anilines is 3. The predicted molar refractivity (Wildman–Crippen MR) is 298 cm³/mol. The van der Waals surface area contributed by atoms with E-state index in [9.17, 15) is 0 Å². The maximum Gasteiger partial charge on any atom is 0.0676 e. The predicted octanol–water partition coefficient (Wildman–Crippen LogP) is 18.9. The minimum Gasteiger partial charge on any atom is -0.310 e. The van der Waals surface area contributed by atoms with Gasteiger partial charge in [-0.05, 0) is 151 Å². The molecule has 0 spiro atoms. The van der Waals surface area contributed by atoms with Crippen molar-refractivity contribution in [3.05, 3.63) is 270 Å². The summed E-state index contributed by atoms with van der Waals surface area (Å²) in [5.41, 5.74) is 21.2. The van der Waals surface area contributed by atoms with Gasteiger partial charge in [-0.15, -0.1) is 11.3 Å². The molecule has 3 aliphatic rings. The second-order valence-corrected chi connectivity index (χ2v) is 20.9. The maximum atomic E-state index is 2.50. The van der Waals surface area contributed by atoms with Gasteiger partial charge in [0.05, 0.1) is 5.41 Å². The number of fused-ring (bicyclic) bond motifs is 10. The molecule has 1 atom stereocenters. The van der Waals surface area contributed by atoms with Crippen LogP contribution in [0.3, 0.4) is 0 Å². The average Bonchev–Trinajstić information content (AvgIpc) is 4.02. The molecule has 2 heteroatoms. The van der Waals surface area contributed by atoms with Gasteiger partial charge in [0.2, 0.25) is 0 Å². The Bertz CT molecular complexity index is 3980. The van der Waals surface area contributed by atoms with Gasteiger partial charge >= 0.3 is 0 Å². The van der Waals surface area contributed by atoms with E-state index in [1.165, 1.54) is 109 Å². The number of rotatable bonds is 7. The molecule has 1 heterocycles. The number of hydrogen-bond donors (Lipinski definition) is 0. The van der Waals surface area contributed by atoms with Gasteiger partial charge in [0.15, 0.2) is 0 Å². The van der Waals surface area contributed by atoms with Crippen LogP contribution in [-0.4, -0.2) is 0 Å². The minimum absolute atomic E-state index is 0.222. The molecule has 0 fully saturated rings. The number of allylic oxidation sites excluding steroid dienone is 4. The van der Waals surface area contributed by atoms with Gasteiger partial charge in [-0.1, -0.05) is 201 Å². The first-order chi connectivity index (χ1) is 34.4. The van der Waals surface area contributed by atoms with Crippen LogP contribution in [0, 0.1) is 0 Å². The van der Waals surface area contributed by atoms with Crippen LogP contribution in [0.15, 0.2) is 242 Å². The Balaban J connectivity index is 0.930. The van der Waals surface area contributed by atoms with Crippen LogP contribution in [0.25, 0.3) is 75.5 Å². The van der Waals surface area contributed by atoms with Gasteiger partial charge in [-0.3, -0.25) is 0 Å².